The molecule has 0 unspecified atom stereocenters. The predicted molar refractivity (Wildman–Crippen MR) is 90.1 cm³/mol. The Balaban J connectivity index is 2.13. The van der Waals surface area contributed by atoms with Crippen molar-refractivity contribution in [1.29, 1.82) is 0 Å². The molecule has 0 spiro atoms. The van der Waals surface area contributed by atoms with Gasteiger partial charge < -0.3 is 5.32 Å². The number of sulfonamides is 1. The van der Waals surface area contributed by atoms with Crippen LogP contribution in [0.4, 0.5) is 5.69 Å². The molecule has 1 heterocycles. The van der Waals surface area contributed by atoms with Gasteiger partial charge in [0.2, 0.25) is 10.0 Å². The molecule has 0 atom stereocenters. The van der Waals surface area contributed by atoms with Crippen molar-refractivity contribution in [3.63, 3.8) is 0 Å². The van der Waals surface area contributed by atoms with Crippen LogP contribution >= 0.6 is 11.6 Å². The molecule has 0 saturated carbocycles. The standard InChI is InChI=1S/C15H16ClN3O3S/c1-19(23(2,21)22)12-5-6-13(14(16)8-12)15(20)18-10-11-4-3-7-17-9-11/h3-9H,10H2,1-2H3,(H,18,20). The van der Waals surface area contributed by atoms with Crippen LogP contribution < -0.4 is 9.62 Å². The van der Waals surface area contributed by atoms with Gasteiger partial charge in [0, 0.05) is 26.0 Å². The Kier molecular flexibility index (Phi) is 5.23. The quantitative estimate of drug-likeness (QED) is 0.892. The first-order valence-electron chi connectivity index (χ1n) is 6.69. The molecule has 1 aromatic heterocycles. The number of halogens is 1. The Morgan fingerprint density at radius 2 is 2.09 bits per heavy atom. The highest BCUT2D eigenvalue weighted by Crippen LogP contribution is 2.24. The summed E-state index contributed by atoms with van der Waals surface area (Å²) in [6.07, 6.45) is 4.40. The Hall–Kier alpha value is -2.12. The lowest BCUT2D eigenvalue weighted by atomic mass is 10.2. The summed E-state index contributed by atoms with van der Waals surface area (Å²) in [6.45, 7) is 0.327. The summed E-state index contributed by atoms with van der Waals surface area (Å²) in [6, 6.07) is 8.11. The average molecular weight is 354 g/mol. The van der Waals surface area contributed by atoms with E-state index >= 15 is 0 Å². The molecule has 1 amide bonds. The zero-order chi connectivity index (χ0) is 17.0. The normalized spacial score (nSPS) is 11.1. The molecule has 23 heavy (non-hydrogen) atoms. The smallest absolute Gasteiger partial charge is 0.253 e. The van der Waals surface area contributed by atoms with Gasteiger partial charge in [-0.3, -0.25) is 14.1 Å². The Morgan fingerprint density at radius 3 is 2.65 bits per heavy atom. The van der Waals surface area contributed by atoms with Gasteiger partial charge >= 0.3 is 0 Å². The number of amides is 1. The van der Waals surface area contributed by atoms with E-state index in [1.165, 1.54) is 25.2 Å². The third-order valence-electron chi connectivity index (χ3n) is 3.23. The third-order valence-corrected chi connectivity index (χ3v) is 4.75. The molecule has 2 aromatic rings. The molecule has 0 aliphatic carbocycles. The van der Waals surface area contributed by atoms with Gasteiger partial charge in [-0.15, -0.1) is 0 Å². The van der Waals surface area contributed by atoms with E-state index in [1.807, 2.05) is 6.07 Å². The predicted octanol–water partition coefficient (Wildman–Crippen LogP) is 2.06. The van der Waals surface area contributed by atoms with Gasteiger partial charge in [0.15, 0.2) is 0 Å². The van der Waals surface area contributed by atoms with Crippen LogP contribution in [-0.2, 0) is 16.6 Å². The number of nitrogens with zero attached hydrogens (tertiary/aromatic N) is 2. The second kappa shape index (κ2) is 6.97. The number of rotatable bonds is 5. The summed E-state index contributed by atoms with van der Waals surface area (Å²) in [7, 11) is -1.97. The van der Waals surface area contributed by atoms with Gasteiger partial charge in [0.1, 0.15) is 0 Å². The van der Waals surface area contributed by atoms with E-state index in [0.29, 0.717) is 12.2 Å². The first-order valence-corrected chi connectivity index (χ1v) is 8.92. The number of nitrogens with one attached hydrogen (secondary N) is 1. The van der Waals surface area contributed by atoms with E-state index in [-0.39, 0.29) is 16.5 Å². The molecule has 0 fully saturated rings. The highest BCUT2D eigenvalue weighted by atomic mass is 35.5. The van der Waals surface area contributed by atoms with Crippen molar-refractivity contribution >= 4 is 33.2 Å². The Bertz CT molecular complexity index is 810. The fourth-order valence-electron chi connectivity index (χ4n) is 1.86. The van der Waals surface area contributed by atoms with Crippen molar-refractivity contribution < 1.29 is 13.2 Å². The first kappa shape index (κ1) is 17.2. The number of carbonyl (C=O) groups is 1. The van der Waals surface area contributed by atoms with E-state index in [4.69, 9.17) is 11.6 Å². The van der Waals surface area contributed by atoms with Crippen LogP contribution in [0.3, 0.4) is 0 Å². The van der Waals surface area contributed by atoms with E-state index in [1.54, 1.807) is 18.5 Å². The second-order valence-corrected chi connectivity index (χ2v) is 7.36. The van der Waals surface area contributed by atoms with E-state index < -0.39 is 10.0 Å². The minimum Gasteiger partial charge on any atom is -0.348 e. The van der Waals surface area contributed by atoms with Crippen molar-refractivity contribution in [3.8, 4) is 0 Å². The van der Waals surface area contributed by atoms with Gasteiger partial charge in [0.25, 0.3) is 5.91 Å². The average Bonchev–Trinajstić information content (AvgIpc) is 2.52. The zero-order valence-electron chi connectivity index (χ0n) is 12.7. The Labute approximate surface area is 140 Å². The van der Waals surface area contributed by atoms with Crippen LogP contribution in [0.15, 0.2) is 42.7 Å². The molecule has 1 N–H and O–H groups in total. The molecule has 122 valence electrons. The molecule has 0 aliphatic heterocycles. The van der Waals surface area contributed by atoms with Crippen molar-refractivity contribution in [2.45, 2.75) is 6.54 Å². The maximum absolute atomic E-state index is 12.2. The summed E-state index contributed by atoms with van der Waals surface area (Å²) in [5.41, 5.74) is 1.54. The number of anilines is 1. The van der Waals surface area contributed by atoms with Crippen molar-refractivity contribution in [2.75, 3.05) is 17.6 Å². The monoisotopic (exact) mass is 353 g/mol. The molecule has 0 aliphatic rings. The topological polar surface area (TPSA) is 79.4 Å². The molecule has 0 saturated heterocycles. The fraction of sp³-hybridized carbons (Fsp3) is 0.200. The van der Waals surface area contributed by atoms with Crippen LogP contribution in [0, 0.1) is 0 Å². The summed E-state index contributed by atoms with van der Waals surface area (Å²) < 4.78 is 24.1. The third kappa shape index (κ3) is 4.43. The maximum Gasteiger partial charge on any atom is 0.253 e. The Morgan fingerprint density at radius 1 is 1.35 bits per heavy atom. The number of hydrogen-bond donors (Lipinski definition) is 1. The molecule has 6 nitrogen and oxygen atoms in total. The molecular formula is C15H16ClN3O3S. The van der Waals surface area contributed by atoms with Gasteiger partial charge in [-0.25, -0.2) is 8.42 Å². The number of aromatic nitrogens is 1. The molecule has 0 radical (unpaired) electrons. The number of carbonyl (C=O) groups excluding carboxylic acids is 1. The van der Waals surface area contributed by atoms with E-state index in [2.05, 4.69) is 10.3 Å². The number of benzene rings is 1. The van der Waals surface area contributed by atoms with Gasteiger partial charge in [0.05, 0.1) is 22.5 Å². The minimum atomic E-state index is -3.38. The number of hydrogen-bond acceptors (Lipinski definition) is 4. The highest BCUT2D eigenvalue weighted by Gasteiger charge is 2.16. The second-order valence-electron chi connectivity index (χ2n) is 4.94. The maximum atomic E-state index is 12.2. The fourth-order valence-corrected chi connectivity index (χ4v) is 2.61. The van der Waals surface area contributed by atoms with Crippen molar-refractivity contribution in [2.24, 2.45) is 0 Å². The lowest BCUT2D eigenvalue weighted by Crippen LogP contribution is -2.26. The van der Waals surface area contributed by atoms with Crippen LogP contribution in [-0.4, -0.2) is 32.6 Å². The van der Waals surface area contributed by atoms with Crippen molar-refractivity contribution in [1.82, 2.24) is 10.3 Å². The van der Waals surface area contributed by atoms with Gasteiger partial charge in [-0.1, -0.05) is 17.7 Å². The molecular weight excluding hydrogens is 338 g/mol. The number of pyridine rings is 1. The van der Waals surface area contributed by atoms with Crippen molar-refractivity contribution in [3.05, 3.63) is 58.9 Å². The molecule has 8 heteroatoms. The highest BCUT2D eigenvalue weighted by molar-refractivity contribution is 7.92. The molecule has 2 rings (SSSR count). The largest absolute Gasteiger partial charge is 0.348 e. The summed E-state index contributed by atoms with van der Waals surface area (Å²) in [4.78, 5) is 16.1. The lowest BCUT2D eigenvalue weighted by Gasteiger charge is -2.17. The summed E-state index contributed by atoms with van der Waals surface area (Å²) in [5.74, 6) is -0.340. The van der Waals surface area contributed by atoms with E-state index in [0.717, 1.165) is 16.1 Å². The molecule has 0 bridgehead atoms. The minimum absolute atomic E-state index is 0.182. The van der Waals surface area contributed by atoms with Crippen LogP contribution in [0.2, 0.25) is 5.02 Å². The zero-order valence-corrected chi connectivity index (χ0v) is 14.2. The van der Waals surface area contributed by atoms with E-state index in [9.17, 15) is 13.2 Å². The summed E-state index contributed by atoms with van der Waals surface area (Å²) >= 11 is 6.11. The SMILES string of the molecule is CN(c1ccc(C(=O)NCc2cccnc2)c(Cl)c1)S(C)(=O)=O. The van der Waals surface area contributed by atoms with Gasteiger partial charge in [-0.05, 0) is 29.8 Å². The van der Waals surface area contributed by atoms with Gasteiger partial charge in [-0.2, -0.15) is 0 Å². The molecule has 1 aromatic carbocycles. The summed E-state index contributed by atoms with van der Waals surface area (Å²) in [5, 5.41) is 2.92. The van der Waals surface area contributed by atoms with Crippen LogP contribution in [0.1, 0.15) is 15.9 Å². The first-order chi connectivity index (χ1) is 10.8. The van der Waals surface area contributed by atoms with Crippen LogP contribution in [0.25, 0.3) is 0 Å². The lowest BCUT2D eigenvalue weighted by molar-refractivity contribution is 0.0951. The van der Waals surface area contributed by atoms with Crippen LogP contribution in [0.5, 0.6) is 0 Å².